The molecule has 0 amide bonds. The maximum absolute atomic E-state index is 12.5. The molecule has 19 heavy (non-hydrogen) atoms. The molecule has 0 saturated carbocycles. The Kier molecular flexibility index (Phi) is 3.12. The molecule has 1 N–H and O–H groups in total. The summed E-state index contributed by atoms with van der Waals surface area (Å²) in [5.41, 5.74) is 0.560. The summed E-state index contributed by atoms with van der Waals surface area (Å²) in [7, 11) is 0. The van der Waals surface area contributed by atoms with Crippen LogP contribution in [0.4, 0.5) is 0 Å². The fourth-order valence-electron chi connectivity index (χ4n) is 1.95. The maximum Gasteiger partial charge on any atom is 0.207 e. The average molecular weight is 333 g/mol. The van der Waals surface area contributed by atoms with E-state index < -0.39 is 0 Å². The van der Waals surface area contributed by atoms with Crippen LogP contribution in [0, 0.1) is 0 Å². The molecular formula is C15H9BrO2S. The molecule has 0 bridgehead atoms. The van der Waals surface area contributed by atoms with Crippen LogP contribution in [0.15, 0.2) is 53.0 Å². The van der Waals surface area contributed by atoms with Crippen molar-refractivity contribution in [3.63, 3.8) is 0 Å². The highest BCUT2D eigenvalue weighted by Crippen LogP contribution is 2.38. The van der Waals surface area contributed by atoms with Gasteiger partial charge in [0, 0.05) is 20.1 Å². The van der Waals surface area contributed by atoms with Crippen molar-refractivity contribution in [2.24, 2.45) is 0 Å². The number of halogens is 1. The lowest BCUT2D eigenvalue weighted by Gasteiger charge is -2.01. The van der Waals surface area contributed by atoms with Gasteiger partial charge in [0.2, 0.25) is 5.78 Å². The van der Waals surface area contributed by atoms with Gasteiger partial charge in [-0.05, 0) is 24.3 Å². The molecule has 0 atom stereocenters. The van der Waals surface area contributed by atoms with Crippen LogP contribution in [0.1, 0.15) is 15.2 Å². The van der Waals surface area contributed by atoms with Gasteiger partial charge in [0.15, 0.2) is 0 Å². The van der Waals surface area contributed by atoms with Crippen molar-refractivity contribution in [3.8, 4) is 5.75 Å². The first-order chi connectivity index (χ1) is 9.18. The molecule has 0 unspecified atom stereocenters. The normalized spacial score (nSPS) is 10.8. The fourth-order valence-corrected chi connectivity index (χ4v) is 3.47. The first-order valence-corrected chi connectivity index (χ1v) is 7.29. The molecule has 0 saturated heterocycles. The number of fused-ring (bicyclic) bond motifs is 1. The van der Waals surface area contributed by atoms with Crippen LogP contribution in [0.25, 0.3) is 10.1 Å². The van der Waals surface area contributed by atoms with Crippen LogP contribution in [0.5, 0.6) is 5.75 Å². The first-order valence-electron chi connectivity index (χ1n) is 5.68. The number of ketones is 1. The first kappa shape index (κ1) is 12.4. The van der Waals surface area contributed by atoms with Gasteiger partial charge in [-0.3, -0.25) is 4.79 Å². The van der Waals surface area contributed by atoms with Crippen LogP contribution >= 0.6 is 27.3 Å². The molecule has 3 aromatic rings. The Morgan fingerprint density at radius 3 is 2.47 bits per heavy atom. The summed E-state index contributed by atoms with van der Waals surface area (Å²) in [5.74, 6) is -0.0903. The molecule has 3 rings (SSSR count). The number of thiophene rings is 1. The Labute approximate surface area is 122 Å². The molecule has 4 heteroatoms. The van der Waals surface area contributed by atoms with Gasteiger partial charge in [0.05, 0.1) is 0 Å². The Morgan fingerprint density at radius 2 is 1.74 bits per heavy atom. The summed E-state index contributed by atoms with van der Waals surface area (Å²) < 4.78 is 1.65. The molecule has 1 aromatic heterocycles. The summed E-state index contributed by atoms with van der Waals surface area (Å²) in [5, 5.41) is 10.9. The summed E-state index contributed by atoms with van der Waals surface area (Å²) in [6, 6.07) is 14.7. The third-order valence-electron chi connectivity index (χ3n) is 2.89. The minimum Gasteiger partial charge on any atom is -0.506 e. The second kappa shape index (κ2) is 4.79. The summed E-state index contributed by atoms with van der Waals surface area (Å²) in [4.78, 5) is 12.9. The van der Waals surface area contributed by atoms with E-state index in [1.54, 1.807) is 6.07 Å². The van der Waals surface area contributed by atoms with Crippen molar-refractivity contribution >= 4 is 43.1 Å². The van der Waals surface area contributed by atoms with Crippen molar-refractivity contribution in [3.05, 3.63) is 63.4 Å². The number of carbonyl (C=O) groups is 1. The van der Waals surface area contributed by atoms with Crippen molar-refractivity contribution < 1.29 is 9.90 Å². The standard InChI is InChI=1S/C15H9BrO2S/c16-11-7-3-1-5-9(11)13(17)15-14(18)10-6-2-4-8-12(10)19-15/h1-8,18H. The van der Waals surface area contributed by atoms with E-state index in [4.69, 9.17) is 0 Å². The van der Waals surface area contributed by atoms with Crippen molar-refractivity contribution in [2.75, 3.05) is 0 Å². The number of carbonyl (C=O) groups excluding carboxylic acids is 1. The van der Waals surface area contributed by atoms with Crippen LogP contribution in [0.3, 0.4) is 0 Å². The third kappa shape index (κ3) is 2.07. The topological polar surface area (TPSA) is 37.3 Å². The smallest absolute Gasteiger partial charge is 0.207 e. The fraction of sp³-hybridized carbons (Fsp3) is 0. The lowest BCUT2D eigenvalue weighted by Crippen LogP contribution is -1.99. The van der Waals surface area contributed by atoms with Crippen molar-refractivity contribution in [1.82, 2.24) is 0 Å². The van der Waals surface area contributed by atoms with E-state index in [1.165, 1.54) is 11.3 Å². The minimum absolute atomic E-state index is 0.0707. The van der Waals surface area contributed by atoms with E-state index in [2.05, 4.69) is 15.9 Å². The van der Waals surface area contributed by atoms with Crippen LogP contribution in [0.2, 0.25) is 0 Å². The van der Waals surface area contributed by atoms with Gasteiger partial charge in [-0.2, -0.15) is 0 Å². The van der Waals surface area contributed by atoms with Gasteiger partial charge in [0.1, 0.15) is 10.6 Å². The second-order valence-corrected chi connectivity index (χ2v) is 5.99. The highest BCUT2D eigenvalue weighted by molar-refractivity contribution is 9.10. The summed E-state index contributed by atoms with van der Waals surface area (Å²) in [6.45, 7) is 0. The van der Waals surface area contributed by atoms with Crippen LogP contribution in [-0.2, 0) is 0 Å². The highest BCUT2D eigenvalue weighted by atomic mass is 79.9. The highest BCUT2D eigenvalue weighted by Gasteiger charge is 2.20. The van der Waals surface area contributed by atoms with Gasteiger partial charge >= 0.3 is 0 Å². The van der Waals surface area contributed by atoms with E-state index in [-0.39, 0.29) is 11.5 Å². The number of benzene rings is 2. The number of hydrogen-bond donors (Lipinski definition) is 1. The van der Waals surface area contributed by atoms with E-state index in [1.807, 2.05) is 42.5 Å². The van der Waals surface area contributed by atoms with Gasteiger partial charge in [-0.1, -0.05) is 40.2 Å². The predicted octanol–water partition coefficient (Wildman–Crippen LogP) is 4.60. The van der Waals surface area contributed by atoms with E-state index in [0.29, 0.717) is 10.4 Å². The maximum atomic E-state index is 12.5. The van der Waals surface area contributed by atoms with Gasteiger partial charge < -0.3 is 5.11 Å². The summed E-state index contributed by atoms with van der Waals surface area (Å²) in [6.07, 6.45) is 0. The zero-order chi connectivity index (χ0) is 13.4. The van der Waals surface area contributed by atoms with Crippen molar-refractivity contribution in [2.45, 2.75) is 0 Å². The molecule has 94 valence electrons. The van der Waals surface area contributed by atoms with Gasteiger partial charge in [0.25, 0.3) is 0 Å². The van der Waals surface area contributed by atoms with Crippen molar-refractivity contribution in [1.29, 1.82) is 0 Å². The lowest BCUT2D eigenvalue weighted by molar-refractivity contribution is 0.103. The molecule has 2 aromatic carbocycles. The molecule has 1 heterocycles. The molecule has 0 spiro atoms. The zero-order valence-electron chi connectivity index (χ0n) is 9.76. The monoisotopic (exact) mass is 332 g/mol. The van der Waals surface area contributed by atoms with E-state index in [0.717, 1.165) is 14.6 Å². The second-order valence-electron chi connectivity index (χ2n) is 4.08. The van der Waals surface area contributed by atoms with Crippen LogP contribution in [-0.4, -0.2) is 10.9 Å². The molecule has 0 fully saturated rings. The quantitative estimate of drug-likeness (QED) is 0.696. The third-order valence-corrected chi connectivity index (χ3v) is 4.74. The Hall–Kier alpha value is -1.65. The van der Waals surface area contributed by atoms with Gasteiger partial charge in [-0.25, -0.2) is 0 Å². The average Bonchev–Trinajstić information content (AvgIpc) is 2.77. The number of rotatable bonds is 2. The Morgan fingerprint density at radius 1 is 1.05 bits per heavy atom. The Bertz CT molecular complexity index is 777. The largest absolute Gasteiger partial charge is 0.506 e. The Balaban J connectivity index is 2.17. The molecule has 0 aliphatic carbocycles. The number of aromatic hydroxyl groups is 1. The van der Waals surface area contributed by atoms with Crippen LogP contribution < -0.4 is 0 Å². The lowest BCUT2D eigenvalue weighted by atomic mass is 10.1. The van der Waals surface area contributed by atoms with Gasteiger partial charge in [-0.15, -0.1) is 11.3 Å². The van der Waals surface area contributed by atoms with E-state index >= 15 is 0 Å². The predicted molar refractivity (Wildman–Crippen MR) is 81.1 cm³/mol. The molecule has 0 aliphatic heterocycles. The SMILES string of the molecule is O=C(c1ccccc1Br)c1sc2ccccc2c1O. The minimum atomic E-state index is -0.161. The molecule has 0 aliphatic rings. The summed E-state index contributed by atoms with van der Waals surface area (Å²) >= 11 is 4.68. The zero-order valence-corrected chi connectivity index (χ0v) is 12.2. The molecule has 0 radical (unpaired) electrons. The van der Waals surface area contributed by atoms with E-state index in [9.17, 15) is 9.90 Å². The number of hydrogen-bond acceptors (Lipinski definition) is 3. The molecular weight excluding hydrogens is 324 g/mol. The molecule has 2 nitrogen and oxygen atoms in total.